The monoisotopic (exact) mass is 176 g/mol. The van der Waals surface area contributed by atoms with E-state index in [1.807, 2.05) is 0 Å². The average Bonchev–Trinajstić information content (AvgIpc) is 2.05. The van der Waals surface area contributed by atoms with E-state index >= 15 is 0 Å². The third-order valence-electron chi connectivity index (χ3n) is 1.90. The Morgan fingerprint density at radius 1 is 1.45 bits per heavy atom. The minimum Gasteiger partial charge on any atom is -0.772 e. The topological polar surface area (TPSA) is 60.4 Å². The molecule has 1 aliphatic heterocycles. The van der Waals surface area contributed by atoms with Crippen molar-refractivity contribution in [2.24, 2.45) is 0 Å². The lowest BCUT2D eigenvalue weighted by molar-refractivity contribution is -0.118. The molecule has 0 aliphatic carbocycles. The van der Waals surface area contributed by atoms with E-state index in [-0.39, 0.29) is 5.25 Å². The molecule has 1 aliphatic rings. The molecular formula is C6H10NO3S-. The fourth-order valence-electron chi connectivity index (χ4n) is 1.17. The van der Waals surface area contributed by atoms with Gasteiger partial charge in [0.15, 0.2) is 0 Å². The van der Waals surface area contributed by atoms with Gasteiger partial charge in [0, 0.05) is 18.3 Å². The van der Waals surface area contributed by atoms with Crippen molar-refractivity contribution in [3.8, 4) is 0 Å². The molecule has 5 heteroatoms. The minimum atomic E-state index is -1.96. The number of amides is 1. The van der Waals surface area contributed by atoms with Crippen molar-refractivity contribution < 1.29 is 13.6 Å². The summed E-state index contributed by atoms with van der Waals surface area (Å²) in [6.07, 6.45) is 1.92. The lowest BCUT2D eigenvalue weighted by atomic mass is 10.1. The van der Waals surface area contributed by atoms with Gasteiger partial charge in [-0.25, -0.2) is 0 Å². The van der Waals surface area contributed by atoms with Gasteiger partial charge in [-0.15, -0.1) is 0 Å². The largest absolute Gasteiger partial charge is 0.772 e. The molecule has 1 unspecified atom stereocenters. The first-order valence-electron chi connectivity index (χ1n) is 3.51. The number of nitrogens with zero attached hydrogens (tertiary/aromatic N) is 1. The molecule has 1 rings (SSSR count). The maximum atomic E-state index is 10.4. The van der Waals surface area contributed by atoms with Gasteiger partial charge in [-0.3, -0.25) is 9.00 Å². The Hall–Kier alpha value is -0.420. The third-order valence-corrected chi connectivity index (χ3v) is 2.91. The summed E-state index contributed by atoms with van der Waals surface area (Å²) in [6, 6.07) is 0. The van der Waals surface area contributed by atoms with Crippen molar-refractivity contribution in [3.05, 3.63) is 0 Å². The van der Waals surface area contributed by atoms with E-state index in [9.17, 15) is 13.6 Å². The van der Waals surface area contributed by atoms with Gasteiger partial charge in [-0.05, 0) is 12.8 Å². The minimum absolute atomic E-state index is 0.244. The zero-order valence-electron chi connectivity index (χ0n) is 6.06. The first-order chi connectivity index (χ1) is 5.24. The van der Waals surface area contributed by atoms with Crippen LogP contribution in [0.5, 0.6) is 0 Å². The molecule has 0 aromatic rings. The molecule has 4 nitrogen and oxygen atoms in total. The highest BCUT2D eigenvalue weighted by Gasteiger charge is 2.17. The van der Waals surface area contributed by atoms with Crippen LogP contribution in [-0.2, 0) is 15.9 Å². The number of rotatable bonds is 2. The summed E-state index contributed by atoms with van der Waals surface area (Å²) in [7, 11) is 0. The fraction of sp³-hybridized carbons (Fsp3) is 0.833. The molecule has 0 saturated carbocycles. The van der Waals surface area contributed by atoms with Crippen LogP contribution in [0.2, 0.25) is 0 Å². The van der Waals surface area contributed by atoms with Gasteiger partial charge in [-0.2, -0.15) is 0 Å². The first kappa shape index (κ1) is 8.67. The van der Waals surface area contributed by atoms with Crippen molar-refractivity contribution in [2.45, 2.75) is 18.1 Å². The van der Waals surface area contributed by atoms with Gasteiger partial charge in [0.05, 0.1) is 0 Å². The second kappa shape index (κ2) is 3.82. The lowest BCUT2D eigenvalue weighted by Gasteiger charge is -2.30. The van der Waals surface area contributed by atoms with Crippen LogP contribution in [0.15, 0.2) is 0 Å². The number of likely N-dealkylation sites (tertiary alicyclic amines) is 1. The van der Waals surface area contributed by atoms with Gasteiger partial charge in [0.2, 0.25) is 6.41 Å². The van der Waals surface area contributed by atoms with E-state index < -0.39 is 11.1 Å². The van der Waals surface area contributed by atoms with Gasteiger partial charge in [0.25, 0.3) is 0 Å². The van der Waals surface area contributed by atoms with E-state index in [1.54, 1.807) is 4.90 Å². The van der Waals surface area contributed by atoms with Crippen LogP contribution in [0.4, 0.5) is 0 Å². The molecule has 1 amide bonds. The smallest absolute Gasteiger partial charge is 0.209 e. The Morgan fingerprint density at radius 3 is 2.36 bits per heavy atom. The van der Waals surface area contributed by atoms with Gasteiger partial charge < -0.3 is 9.45 Å². The van der Waals surface area contributed by atoms with Crippen molar-refractivity contribution in [1.29, 1.82) is 0 Å². The zero-order chi connectivity index (χ0) is 8.27. The summed E-state index contributed by atoms with van der Waals surface area (Å²) in [6.45, 7) is 1.14. The SMILES string of the molecule is O=CN1CCC(S(=O)[O-])CC1. The summed E-state index contributed by atoms with van der Waals surface area (Å²) in [5, 5.41) is -0.244. The molecule has 1 saturated heterocycles. The molecule has 11 heavy (non-hydrogen) atoms. The molecule has 0 radical (unpaired) electrons. The van der Waals surface area contributed by atoms with Gasteiger partial charge in [-0.1, -0.05) is 11.1 Å². The van der Waals surface area contributed by atoms with Crippen molar-refractivity contribution in [3.63, 3.8) is 0 Å². The Bertz CT molecular complexity index is 165. The molecule has 0 bridgehead atoms. The number of hydrogen-bond acceptors (Lipinski definition) is 3. The lowest BCUT2D eigenvalue weighted by Crippen LogP contribution is -2.36. The van der Waals surface area contributed by atoms with Gasteiger partial charge in [0.1, 0.15) is 0 Å². The van der Waals surface area contributed by atoms with Crippen LogP contribution >= 0.6 is 0 Å². The molecular weight excluding hydrogens is 166 g/mol. The van der Waals surface area contributed by atoms with E-state index in [4.69, 9.17) is 0 Å². The number of hydrogen-bond donors (Lipinski definition) is 0. The van der Waals surface area contributed by atoms with Crippen LogP contribution in [0.3, 0.4) is 0 Å². The highest BCUT2D eigenvalue weighted by Crippen LogP contribution is 2.12. The molecule has 64 valence electrons. The molecule has 1 heterocycles. The quantitative estimate of drug-likeness (QED) is 0.420. The summed E-state index contributed by atoms with van der Waals surface area (Å²) < 4.78 is 20.9. The highest BCUT2D eigenvalue weighted by molar-refractivity contribution is 7.79. The average molecular weight is 176 g/mol. The molecule has 1 atom stereocenters. The molecule has 1 fully saturated rings. The van der Waals surface area contributed by atoms with E-state index in [0.29, 0.717) is 25.9 Å². The Balaban J connectivity index is 2.35. The second-order valence-corrected chi connectivity index (χ2v) is 3.79. The molecule has 0 aromatic carbocycles. The highest BCUT2D eigenvalue weighted by atomic mass is 32.2. The molecule has 0 aromatic heterocycles. The van der Waals surface area contributed by atoms with Crippen LogP contribution in [-0.4, -0.2) is 38.4 Å². The summed E-state index contributed by atoms with van der Waals surface area (Å²) >= 11 is -1.96. The van der Waals surface area contributed by atoms with E-state index in [2.05, 4.69) is 0 Å². The van der Waals surface area contributed by atoms with Crippen LogP contribution < -0.4 is 0 Å². The number of carbonyl (C=O) groups is 1. The van der Waals surface area contributed by atoms with Crippen molar-refractivity contribution >= 4 is 17.5 Å². The fourth-order valence-corrected chi connectivity index (χ4v) is 1.77. The van der Waals surface area contributed by atoms with E-state index in [0.717, 1.165) is 6.41 Å². The maximum absolute atomic E-state index is 10.4. The van der Waals surface area contributed by atoms with E-state index in [1.165, 1.54) is 0 Å². The predicted molar refractivity (Wildman–Crippen MR) is 39.6 cm³/mol. The Morgan fingerprint density at radius 2 is 2.00 bits per heavy atom. The van der Waals surface area contributed by atoms with Crippen LogP contribution in [0, 0.1) is 0 Å². The predicted octanol–water partition coefficient (Wildman–Crippen LogP) is -0.514. The van der Waals surface area contributed by atoms with Gasteiger partial charge >= 0.3 is 0 Å². The second-order valence-electron chi connectivity index (χ2n) is 2.60. The normalized spacial score (nSPS) is 23.2. The van der Waals surface area contributed by atoms with Crippen LogP contribution in [0.1, 0.15) is 12.8 Å². The maximum Gasteiger partial charge on any atom is 0.209 e. The Kier molecular flexibility index (Phi) is 3.02. The van der Waals surface area contributed by atoms with Crippen molar-refractivity contribution in [1.82, 2.24) is 4.90 Å². The summed E-state index contributed by atoms with van der Waals surface area (Å²) in [5.41, 5.74) is 0. The zero-order valence-corrected chi connectivity index (χ0v) is 6.88. The number of piperidine rings is 1. The number of carbonyl (C=O) groups excluding carboxylic acids is 1. The summed E-state index contributed by atoms with van der Waals surface area (Å²) in [4.78, 5) is 11.8. The first-order valence-corrected chi connectivity index (χ1v) is 4.65. The summed E-state index contributed by atoms with van der Waals surface area (Å²) in [5.74, 6) is 0. The molecule has 0 spiro atoms. The molecule has 0 N–H and O–H groups in total. The standard InChI is InChI=1S/C6H11NO3S/c8-5-7-3-1-6(2-4-7)11(9)10/h5-6H,1-4H2,(H,9,10)/p-1. The van der Waals surface area contributed by atoms with Crippen molar-refractivity contribution in [2.75, 3.05) is 13.1 Å². The Labute approximate surface area is 67.9 Å². The third kappa shape index (κ3) is 2.27. The van der Waals surface area contributed by atoms with Crippen LogP contribution in [0.25, 0.3) is 0 Å².